The fourth-order valence-corrected chi connectivity index (χ4v) is 3.56. The average Bonchev–Trinajstić information content (AvgIpc) is 2.81. The molecule has 2 aliphatic rings. The molecule has 0 radical (unpaired) electrons. The van der Waals surface area contributed by atoms with E-state index < -0.39 is 0 Å². The molecule has 1 saturated carbocycles. The Labute approximate surface area is 131 Å². The molecule has 1 atom stereocenters. The lowest BCUT2D eigenvalue weighted by atomic mass is 9.96. The van der Waals surface area contributed by atoms with Gasteiger partial charge >= 0.3 is 6.03 Å². The molecule has 0 aromatic carbocycles. The normalized spacial score (nSPS) is 24.0. The van der Waals surface area contributed by atoms with Crippen LogP contribution in [0.15, 0.2) is 4.52 Å². The highest BCUT2D eigenvalue weighted by Crippen LogP contribution is 2.29. The van der Waals surface area contributed by atoms with Gasteiger partial charge in [-0.15, -0.1) is 0 Å². The molecule has 1 saturated heterocycles. The van der Waals surface area contributed by atoms with Crippen LogP contribution in [0.3, 0.4) is 0 Å². The monoisotopic (exact) mass is 306 g/mol. The molecule has 2 amide bonds. The van der Waals surface area contributed by atoms with E-state index in [0.717, 1.165) is 45.1 Å². The van der Waals surface area contributed by atoms with E-state index in [1.165, 1.54) is 19.3 Å². The van der Waals surface area contributed by atoms with E-state index in [1.807, 2.05) is 11.8 Å². The molecular formula is C16H26N4O2. The second-order valence-corrected chi connectivity index (χ2v) is 6.52. The van der Waals surface area contributed by atoms with Crippen LogP contribution in [0.4, 0.5) is 4.79 Å². The largest absolute Gasteiger partial charge is 0.337 e. The number of urea groups is 1. The highest BCUT2D eigenvalue weighted by atomic mass is 16.5. The summed E-state index contributed by atoms with van der Waals surface area (Å²) in [6.45, 7) is 2.58. The van der Waals surface area contributed by atoms with Crippen molar-refractivity contribution in [1.29, 1.82) is 0 Å². The Kier molecular flexibility index (Phi) is 4.95. The first-order valence-corrected chi connectivity index (χ1v) is 8.61. The number of carbonyl (C=O) groups excluding carboxylic acids is 1. The van der Waals surface area contributed by atoms with E-state index in [1.54, 1.807) is 0 Å². The third-order valence-electron chi connectivity index (χ3n) is 4.77. The molecule has 3 rings (SSSR count). The topological polar surface area (TPSA) is 71.3 Å². The Morgan fingerprint density at radius 1 is 1.14 bits per heavy atom. The number of aromatic nitrogens is 2. The van der Waals surface area contributed by atoms with Crippen LogP contribution in [0.25, 0.3) is 0 Å². The Morgan fingerprint density at radius 3 is 2.59 bits per heavy atom. The standard InChI is InChI=1S/C16H26N4O2/c1-12-17-15(22-19-12)14-10-6-3-7-11-20(14)16(21)18-13-8-4-2-5-9-13/h13-14H,2-11H2,1H3,(H,18,21). The molecule has 0 spiro atoms. The van der Waals surface area contributed by atoms with E-state index in [9.17, 15) is 4.79 Å². The van der Waals surface area contributed by atoms with Crippen molar-refractivity contribution in [3.8, 4) is 0 Å². The van der Waals surface area contributed by atoms with Gasteiger partial charge in [-0.1, -0.05) is 37.3 Å². The van der Waals surface area contributed by atoms with Crippen LogP contribution >= 0.6 is 0 Å². The summed E-state index contributed by atoms with van der Waals surface area (Å²) in [4.78, 5) is 19.0. The highest BCUT2D eigenvalue weighted by Gasteiger charge is 2.31. The van der Waals surface area contributed by atoms with Gasteiger partial charge in [0.2, 0.25) is 5.89 Å². The minimum atomic E-state index is -0.0766. The van der Waals surface area contributed by atoms with Crippen molar-refractivity contribution in [2.24, 2.45) is 0 Å². The number of nitrogens with one attached hydrogen (secondary N) is 1. The second-order valence-electron chi connectivity index (χ2n) is 6.52. The minimum absolute atomic E-state index is 0.0367. The molecule has 1 aromatic rings. The quantitative estimate of drug-likeness (QED) is 0.909. The maximum absolute atomic E-state index is 12.7. The summed E-state index contributed by atoms with van der Waals surface area (Å²) in [6, 6.07) is 0.288. The van der Waals surface area contributed by atoms with Gasteiger partial charge in [0.05, 0.1) is 0 Å². The van der Waals surface area contributed by atoms with Crippen molar-refractivity contribution in [1.82, 2.24) is 20.4 Å². The highest BCUT2D eigenvalue weighted by molar-refractivity contribution is 5.75. The number of hydrogen-bond acceptors (Lipinski definition) is 4. The Balaban J connectivity index is 1.70. The number of hydrogen-bond donors (Lipinski definition) is 1. The van der Waals surface area contributed by atoms with Gasteiger partial charge in [-0.25, -0.2) is 4.79 Å². The SMILES string of the molecule is Cc1noc(C2CCCCCN2C(=O)NC2CCCCC2)n1. The second kappa shape index (κ2) is 7.11. The van der Waals surface area contributed by atoms with Crippen molar-refractivity contribution in [3.63, 3.8) is 0 Å². The smallest absolute Gasteiger partial charge is 0.318 e. The van der Waals surface area contributed by atoms with Crippen molar-refractivity contribution < 1.29 is 9.32 Å². The zero-order valence-corrected chi connectivity index (χ0v) is 13.4. The number of carbonyl (C=O) groups is 1. The molecule has 1 aromatic heterocycles. The summed E-state index contributed by atoms with van der Waals surface area (Å²) in [5.74, 6) is 1.21. The molecule has 1 aliphatic heterocycles. The predicted molar refractivity (Wildman–Crippen MR) is 82.4 cm³/mol. The lowest BCUT2D eigenvalue weighted by Gasteiger charge is -2.31. The predicted octanol–water partition coefficient (Wildman–Crippen LogP) is 3.34. The molecule has 1 N–H and O–H groups in total. The van der Waals surface area contributed by atoms with Gasteiger partial charge in [0.1, 0.15) is 6.04 Å². The van der Waals surface area contributed by atoms with Crippen LogP contribution in [0, 0.1) is 6.92 Å². The molecule has 6 nitrogen and oxygen atoms in total. The van der Waals surface area contributed by atoms with E-state index in [-0.39, 0.29) is 12.1 Å². The molecule has 1 unspecified atom stereocenters. The fourth-order valence-electron chi connectivity index (χ4n) is 3.56. The van der Waals surface area contributed by atoms with Gasteiger partial charge in [0, 0.05) is 12.6 Å². The Morgan fingerprint density at radius 2 is 1.86 bits per heavy atom. The van der Waals surface area contributed by atoms with Crippen LogP contribution in [0.5, 0.6) is 0 Å². The molecule has 122 valence electrons. The molecule has 0 bridgehead atoms. The summed E-state index contributed by atoms with van der Waals surface area (Å²) in [5, 5.41) is 7.11. The van der Waals surface area contributed by atoms with E-state index in [0.29, 0.717) is 17.8 Å². The van der Waals surface area contributed by atoms with Gasteiger partial charge in [-0.3, -0.25) is 0 Å². The third-order valence-corrected chi connectivity index (χ3v) is 4.77. The molecule has 2 heterocycles. The van der Waals surface area contributed by atoms with Gasteiger partial charge in [-0.2, -0.15) is 4.98 Å². The molecule has 2 fully saturated rings. The van der Waals surface area contributed by atoms with Crippen LogP contribution in [-0.4, -0.2) is 33.7 Å². The van der Waals surface area contributed by atoms with Crippen molar-refractivity contribution >= 4 is 6.03 Å². The van der Waals surface area contributed by atoms with Gasteiger partial charge < -0.3 is 14.7 Å². The van der Waals surface area contributed by atoms with Crippen molar-refractivity contribution in [3.05, 3.63) is 11.7 Å². The Bertz CT molecular complexity index is 496. The number of rotatable bonds is 2. The van der Waals surface area contributed by atoms with Crippen LogP contribution in [0.1, 0.15) is 75.5 Å². The lowest BCUT2D eigenvalue weighted by molar-refractivity contribution is 0.153. The number of aryl methyl sites for hydroxylation is 1. The van der Waals surface area contributed by atoms with E-state index >= 15 is 0 Å². The fraction of sp³-hybridized carbons (Fsp3) is 0.812. The average molecular weight is 306 g/mol. The summed E-state index contributed by atoms with van der Waals surface area (Å²) >= 11 is 0. The molecule has 1 aliphatic carbocycles. The summed E-state index contributed by atoms with van der Waals surface area (Å²) in [7, 11) is 0. The number of amides is 2. The maximum Gasteiger partial charge on any atom is 0.318 e. The third kappa shape index (κ3) is 3.59. The van der Waals surface area contributed by atoms with Gasteiger partial charge in [-0.05, 0) is 32.6 Å². The Hall–Kier alpha value is -1.59. The first-order chi connectivity index (χ1) is 10.7. The first-order valence-electron chi connectivity index (χ1n) is 8.61. The molecule has 6 heteroatoms. The first kappa shape index (κ1) is 15.3. The zero-order valence-electron chi connectivity index (χ0n) is 13.4. The minimum Gasteiger partial charge on any atom is -0.337 e. The lowest BCUT2D eigenvalue weighted by Crippen LogP contribution is -2.47. The number of nitrogens with zero attached hydrogens (tertiary/aromatic N) is 3. The molecular weight excluding hydrogens is 280 g/mol. The van der Waals surface area contributed by atoms with E-state index in [2.05, 4.69) is 15.5 Å². The van der Waals surface area contributed by atoms with Crippen LogP contribution in [-0.2, 0) is 0 Å². The van der Waals surface area contributed by atoms with Crippen molar-refractivity contribution in [2.45, 2.75) is 76.8 Å². The van der Waals surface area contributed by atoms with Gasteiger partial charge in [0.25, 0.3) is 0 Å². The summed E-state index contributed by atoms with van der Waals surface area (Å²) in [6.07, 6.45) is 10.1. The van der Waals surface area contributed by atoms with Crippen LogP contribution < -0.4 is 5.32 Å². The van der Waals surface area contributed by atoms with Crippen molar-refractivity contribution in [2.75, 3.05) is 6.54 Å². The van der Waals surface area contributed by atoms with Crippen LogP contribution in [0.2, 0.25) is 0 Å². The van der Waals surface area contributed by atoms with Gasteiger partial charge in [0.15, 0.2) is 5.82 Å². The maximum atomic E-state index is 12.7. The molecule has 22 heavy (non-hydrogen) atoms. The zero-order chi connectivity index (χ0) is 15.4. The summed E-state index contributed by atoms with van der Waals surface area (Å²) < 4.78 is 5.35. The van der Waals surface area contributed by atoms with E-state index in [4.69, 9.17) is 4.52 Å². The number of likely N-dealkylation sites (tertiary alicyclic amines) is 1. The summed E-state index contributed by atoms with van der Waals surface area (Å²) in [5.41, 5.74) is 0.